The van der Waals surface area contributed by atoms with E-state index in [1.165, 1.54) is 0 Å². The summed E-state index contributed by atoms with van der Waals surface area (Å²) in [5.74, 6) is 0.126. The monoisotopic (exact) mass is 296 g/mol. The summed E-state index contributed by atoms with van der Waals surface area (Å²) >= 11 is 0. The summed E-state index contributed by atoms with van der Waals surface area (Å²) in [7, 11) is 0. The van der Waals surface area contributed by atoms with Gasteiger partial charge < -0.3 is 15.5 Å². The fraction of sp³-hybridized carbons (Fsp3) is 0.278. The van der Waals surface area contributed by atoms with Gasteiger partial charge in [-0.3, -0.25) is 4.79 Å². The van der Waals surface area contributed by atoms with Gasteiger partial charge in [0, 0.05) is 28.4 Å². The third-order valence-electron chi connectivity index (χ3n) is 4.00. The van der Waals surface area contributed by atoms with Crippen LogP contribution in [0.4, 0.5) is 0 Å². The molecule has 4 heteroatoms. The van der Waals surface area contributed by atoms with E-state index in [4.69, 9.17) is 10.2 Å². The quantitative estimate of drug-likeness (QED) is 0.778. The maximum Gasteiger partial charge on any atom is 0.287 e. The summed E-state index contributed by atoms with van der Waals surface area (Å²) in [4.78, 5) is 12.5. The van der Waals surface area contributed by atoms with E-state index in [1.807, 2.05) is 57.2 Å². The Bertz CT molecular complexity index is 862. The second-order valence-corrected chi connectivity index (χ2v) is 6.26. The van der Waals surface area contributed by atoms with Crippen molar-refractivity contribution in [2.24, 2.45) is 5.73 Å². The highest BCUT2D eigenvalue weighted by Crippen LogP contribution is 2.31. The Labute approximate surface area is 129 Å². The first kappa shape index (κ1) is 14.6. The second kappa shape index (κ2) is 5.14. The minimum atomic E-state index is -0.468. The van der Waals surface area contributed by atoms with Crippen LogP contribution >= 0.6 is 0 Å². The maximum atomic E-state index is 12.5. The highest BCUT2D eigenvalue weighted by atomic mass is 16.3. The van der Waals surface area contributed by atoms with Crippen LogP contribution in [0.5, 0.6) is 0 Å². The van der Waals surface area contributed by atoms with Gasteiger partial charge in [-0.05, 0) is 26.2 Å². The Hall–Kier alpha value is -2.33. The lowest BCUT2D eigenvalue weighted by atomic mass is 10.0. The van der Waals surface area contributed by atoms with E-state index < -0.39 is 5.54 Å². The largest absolute Gasteiger partial charge is 0.450 e. The molecule has 4 nitrogen and oxygen atoms in total. The van der Waals surface area contributed by atoms with Gasteiger partial charge in [-0.2, -0.15) is 0 Å². The van der Waals surface area contributed by atoms with Crippen LogP contribution in [0.3, 0.4) is 0 Å². The summed E-state index contributed by atoms with van der Waals surface area (Å²) in [6, 6.07) is 12.0. The van der Waals surface area contributed by atoms with E-state index >= 15 is 0 Å². The van der Waals surface area contributed by atoms with Gasteiger partial charge in [0.1, 0.15) is 5.58 Å². The number of hydrogen-bond donors (Lipinski definition) is 2. The van der Waals surface area contributed by atoms with Gasteiger partial charge >= 0.3 is 0 Å². The zero-order chi connectivity index (χ0) is 15.9. The van der Waals surface area contributed by atoms with Gasteiger partial charge in [0.15, 0.2) is 5.76 Å². The molecule has 1 aromatic heterocycles. The lowest BCUT2D eigenvalue weighted by molar-refractivity contribution is 0.0888. The predicted octanol–water partition coefficient (Wildman–Crippen LogP) is 3.36. The van der Waals surface area contributed by atoms with Crippen molar-refractivity contribution < 1.29 is 9.21 Å². The number of carbonyl (C=O) groups is 1. The van der Waals surface area contributed by atoms with Crippen molar-refractivity contribution in [2.45, 2.75) is 26.3 Å². The van der Waals surface area contributed by atoms with Gasteiger partial charge in [-0.1, -0.05) is 36.4 Å². The molecule has 0 spiro atoms. The summed E-state index contributed by atoms with van der Waals surface area (Å²) in [6.45, 7) is 6.04. The van der Waals surface area contributed by atoms with Crippen molar-refractivity contribution in [2.75, 3.05) is 6.54 Å². The Kier molecular flexibility index (Phi) is 3.41. The molecular weight excluding hydrogens is 276 g/mol. The third kappa shape index (κ3) is 2.35. The topological polar surface area (TPSA) is 68.3 Å². The first-order valence-corrected chi connectivity index (χ1v) is 7.36. The first-order chi connectivity index (χ1) is 10.4. The molecule has 0 fully saturated rings. The Morgan fingerprint density at radius 2 is 1.91 bits per heavy atom. The van der Waals surface area contributed by atoms with Crippen molar-refractivity contribution in [3.63, 3.8) is 0 Å². The number of amides is 1. The molecule has 0 unspecified atom stereocenters. The molecule has 3 rings (SSSR count). The second-order valence-electron chi connectivity index (χ2n) is 6.26. The molecule has 1 amide bonds. The van der Waals surface area contributed by atoms with Crippen LogP contribution < -0.4 is 11.1 Å². The number of nitrogens with two attached hydrogens (primary N) is 1. The lowest BCUT2D eigenvalue weighted by Crippen LogP contribution is -2.48. The van der Waals surface area contributed by atoms with Gasteiger partial charge in [0.2, 0.25) is 0 Å². The molecule has 0 aliphatic rings. The summed E-state index contributed by atoms with van der Waals surface area (Å²) in [5, 5.41) is 5.99. The van der Waals surface area contributed by atoms with E-state index in [0.717, 1.165) is 27.3 Å². The normalized spacial score (nSPS) is 12.0. The van der Waals surface area contributed by atoms with Crippen LogP contribution in [-0.2, 0) is 0 Å². The maximum absolute atomic E-state index is 12.5. The van der Waals surface area contributed by atoms with Crippen molar-refractivity contribution in [3.8, 4) is 0 Å². The van der Waals surface area contributed by atoms with Gasteiger partial charge in [-0.25, -0.2) is 0 Å². The Morgan fingerprint density at radius 1 is 1.18 bits per heavy atom. The number of benzene rings is 2. The highest BCUT2D eigenvalue weighted by molar-refractivity contribution is 6.08. The average Bonchev–Trinajstić information content (AvgIpc) is 2.85. The summed E-state index contributed by atoms with van der Waals surface area (Å²) in [5.41, 5.74) is 6.82. The zero-order valence-electron chi connectivity index (χ0n) is 13.1. The molecule has 0 saturated carbocycles. The van der Waals surface area contributed by atoms with Crippen LogP contribution in [0, 0.1) is 6.92 Å². The van der Waals surface area contributed by atoms with Crippen LogP contribution in [-0.4, -0.2) is 18.0 Å². The third-order valence-corrected chi connectivity index (χ3v) is 4.00. The fourth-order valence-electron chi connectivity index (χ4n) is 2.58. The van der Waals surface area contributed by atoms with Crippen molar-refractivity contribution >= 4 is 27.6 Å². The molecule has 1 heterocycles. The predicted molar refractivity (Wildman–Crippen MR) is 89.1 cm³/mol. The van der Waals surface area contributed by atoms with Crippen LogP contribution in [0.15, 0.2) is 40.8 Å². The minimum absolute atomic E-state index is 0.228. The van der Waals surface area contributed by atoms with E-state index in [-0.39, 0.29) is 5.91 Å². The van der Waals surface area contributed by atoms with E-state index in [1.54, 1.807) is 0 Å². The Balaban J connectivity index is 2.14. The fourth-order valence-corrected chi connectivity index (χ4v) is 2.58. The van der Waals surface area contributed by atoms with Crippen LogP contribution in [0.25, 0.3) is 21.7 Å². The van der Waals surface area contributed by atoms with Crippen molar-refractivity contribution in [1.82, 2.24) is 5.32 Å². The SMILES string of the molecule is Cc1c(C(=O)NC(C)(C)CN)oc2c1ccc1ccccc12. The average molecular weight is 296 g/mol. The van der Waals surface area contributed by atoms with Gasteiger partial charge in [0.05, 0.1) is 0 Å². The number of nitrogens with one attached hydrogen (secondary N) is 1. The smallest absolute Gasteiger partial charge is 0.287 e. The highest BCUT2D eigenvalue weighted by Gasteiger charge is 2.24. The number of hydrogen-bond acceptors (Lipinski definition) is 3. The van der Waals surface area contributed by atoms with Crippen LogP contribution in [0.1, 0.15) is 30.0 Å². The van der Waals surface area contributed by atoms with E-state index in [9.17, 15) is 4.79 Å². The standard InChI is InChI=1S/C18H20N2O2/c1-11-13-9-8-12-6-4-5-7-14(12)16(13)22-15(11)17(21)20-18(2,3)10-19/h4-9H,10,19H2,1-3H3,(H,20,21). The van der Waals surface area contributed by atoms with Crippen molar-refractivity contribution in [3.05, 3.63) is 47.7 Å². The lowest BCUT2D eigenvalue weighted by Gasteiger charge is -2.23. The molecule has 0 saturated heterocycles. The van der Waals surface area contributed by atoms with Gasteiger partial charge in [0.25, 0.3) is 5.91 Å². The molecule has 0 radical (unpaired) electrons. The molecule has 0 aliphatic carbocycles. The molecule has 3 aromatic rings. The number of fused-ring (bicyclic) bond motifs is 3. The summed E-state index contributed by atoms with van der Waals surface area (Å²) in [6.07, 6.45) is 0. The van der Waals surface area contributed by atoms with Crippen LogP contribution in [0.2, 0.25) is 0 Å². The molecule has 2 aromatic carbocycles. The summed E-state index contributed by atoms with van der Waals surface area (Å²) < 4.78 is 5.91. The minimum Gasteiger partial charge on any atom is -0.450 e. The molecule has 22 heavy (non-hydrogen) atoms. The molecule has 3 N–H and O–H groups in total. The molecule has 0 aliphatic heterocycles. The Morgan fingerprint density at radius 3 is 2.64 bits per heavy atom. The number of carbonyl (C=O) groups excluding carboxylic acids is 1. The molecule has 114 valence electrons. The number of furan rings is 1. The van der Waals surface area contributed by atoms with Crippen molar-refractivity contribution in [1.29, 1.82) is 0 Å². The van der Waals surface area contributed by atoms with Gasteiger partial charge in [-0.15, -0.1) is 0 Å². The molecule has 0 atom stereocenters. The van der Waals surface area contributed by atoms with E-state index in [2.05, 4.69) is 5.32 Å². The van der Waals surface area contributed by atoms with E-state index in [0.29, 0.717) is 12.3 Å². The first-order valence-electron chi connectivity index (χ1n) is 7.36. The molecule has 0 bridgehead atoms. The zero-order valence-corrected chi connectivity index (χ0v) is 13.1. The molecular formula is C18H20N2O2. The number of aryl methyl sites for hydroxylation is 1. The number of rotatable bonds is 3.